The second-order valence-electron chi connectivity index (χ2n) is 6.55. The minimum Gasteiger partial charge on any atom is -0.348 e. The van der Waals surface area contributed by atoms with Crippen molar-refractivity contribution in [1.29, 1.82) is 0 Å². The molecule has 7 heteroatoms. The van der Waals surface area contributed by atoms with Crippen LogP contribution in [0.25, 0.3) is 10.2 Å². The Balaban J connectivity index is 1.70. The number of Topliss-reactive ketones (excluding diaryl/α,β-unsaturated/α-hetero) is 1. The molecule has 0 unspecified atom stereocenters. The van der Waals surface area contributed by atoms with Gasteiger partial charge >= 0.3 is 0 Å². The van der Waals surface area contributed by atoms with Crippen LogP contribution in [0.2, 0.25) is 0 Å². The van der Waals surface area contributed by atoms with Crippen molar-refractivity contribution in [2.24, 2.45) is 7.05 Å². The number of aromatic nitrogens is 3. The van der Waals surface area contributed by atoms with Gasteiger partial charge in [-0.1, -0.05) is 11.8 Å². The van der Waals surface area contributed by atoms with E-state index in [1.54, 1.807) is 15.9 Å². The maximum absolute atomic E-state index is 13.1. The van der Waals surface area contributed by atoms with Gasteiger partial charge in [0.15, 0.2) is 10.9 Å². The molecule has 3 heterocycles. The molecule has 136 valence electrons. The largest absolute Gasteiger partial charge is 0.348 e. The molecule has 0 aromatic carbocycles. The van der Waals surface area contributed by atoms with Crippen molar-refractivity contribution in [3.63, 3.8) is 0 Å². The number of fused-ring (bicyclic) bond motifs is 3. The van der Waals surface area contributed by atoms with Crippen LogP contribution in [0.4, 0.5) is 0 Å². The summed E-state index contributed by atoms with van der Waals surface area (Å²) in [5, 5.41) is 1.45. The topological polar surface area (TPSA) is 56.9 Å². The van der Waals surface area contributed by atoms with E-state index < -0.39 is 0 Å². The first kappa shape index (κ1) is 17.5. The van der Waals surface area contributed by atoms with Gasteiger partial charge in [0, 0.05) is 24.7 Å². The van der Waals surface area contributed by atoms with Crippen molar-refractivity contribution in [3.8, 4) is 0 Å². The zero-order valence-electron chi connectivity index (χ0n) is 14.9. The third-order valence-corrected chi connectivity index (χ3v) is 7.08. The van der Waals surface area contributed by atoms with E-state index in [2.05, 4.69) is 0 Å². The van der Waals surface area contributed by atoms with Crippen molar-refractivity contribution in [1.82, 2.24) is 14.1 Å². The van der Waals surface area contributed by atoms with Gasteiger partial charge < -0.3 is 4.57 Å². The van der Waals surface area contributed by atoms with Crippen LogP contribution in [0.3, 0.4) is 0 Å². The summed E-state index contributed by atoms with van der Waals surface area (Å²) in [6, 6.07) is 3.68. The fourth-order valence-corrected chi connectivity index (χ4v) is 5.81. The molecule has 26 heavy (non-hydrogen) atoms. The predicted octanol–water partition coefficient (Wildman–Crippen LogP) is 3.67. The molecule has 0 spiro atoms. The van der Waals surface area contributed by atoms with Gasteiger partial charge in [-0.25, -0.2) is 4.98 Å². The number of rotatable bonds is 5. The Morgan fingerprint density at radius 3 is 2.88 bits per heavy atom. The first-order chi connectivity index (χ1) is 12.6. The molecule has 0 bridgehead atoms. The summed E-state index contributed by atoms with van der Waals surface area (Å²) in [5.41, 5.74) is 1.94. The zero-order chi connectivity index (χ0) is 18.3. The van der Waals surface area contributed by atoms with Gasteiger partial charge in [0.1, 0.15) is 4.83 Å². The van der Waals surface area contributed by atoms with E-state index >= 15 is 0 Å². The lowest BCUT2D eigenvalue weighted by molar-refractivity contribution is 0.101. The molecule has 1 aliphatic rings. The van der Waals surface area contributed by atoms with E-state index in [-0.39, 0.29) is 17.1 Å². The Bertz CT molecular complexity index is 1050. The van der Waals surface area contributed by atoms with Crippen LogP contribution < -0.4 is 5.56 Å². The molecule has 3 aromatic rings. The lowest BCUT2D eigenvalue weighted by Crippen LogP contribution is -2.23. The first-order valence-corrected chi connectivity index (χ1v) is 10.7. The van der Waals surface area contributed by atoms with Crippen molar-refractivity contribution in [2.45, 2.75) is 44.3 Å². The number of hydrogen-bond donors (Lipinski definition) is 0. The average molecular weight is 388 g/mol. The predicted molar refractivity (Wildman–Crippen MR) is 107 cm³/mol. The Morgan fingerprint density at radius 1 is 1.35 bits per heavy atom. The van der Waals surface area contributed by atoms with Crippen LogP contribution in [0, 0.1) is 0 Å². The van der Waals surface area contributed by atoms with Crippen molar-refractivity contribution >= 4 is 39.1 Å². The highest BCUT2D eigenvalue weighted by atomic mass is 32.2. The molecule has 5 nitrogen and oxygen atoms in total. The summed E-state index contributed by atoms with van der Waals surface area (Å²) in [7, 11) is 1.86. The summed E-state index contributed by atoms with van der Waals surface area (Å²) in [5.74, 6) is 0.325. The van der Waals surface area contributed by atoms with E-state index in [1.165, 1.54) is 28.6 Å². The summed E-state index contributed by atoms with van der Waals surface area (Å²) in [6.07, 6.45) is 6.23. The maximum atomic E-state index is 13.1. The van der Waals surface area contributed by atoms with Gasteiger partial charge in [0.25, 0.3) is 5.56 Å². The summed E-state index contributed by atoms with van der Waals surface area (Å²) < 4.78 is 3.53. The van der Waals surface area contributed by atoms with Gasteiger partial charge in [-0.05, 0) is 50.3 Å². The van der Waals surface area contributed by atoms with Gasteiger partial charge in [-0.15, -0.1) is 11.3 Å². The first-order valence-electron chi connectivity index (χ1n) is 8.92. The number of aryl methyl sites for hydroxylation is 3. The highest BCUT2D eigenvalue weighted by molar-refractivity contribution is 7.99. The van der Waals surface area contributed by atoms with Crippen LogP contribution in [-0.4, -0.2) is 25.7 Å². The Morgan fingerprint density at radius 2 is 2.15 bits per heavy atom. The Hall–Kier alpha value is -1.86. The van der Waals surface area contributed by atoms with Crippen molar-refractivity contribution in [2.75, 3.05) is 5.75 Å². The monoisotopic (exact) mass is 387 g/mol. The summed E-state index contributed by atoms with van der Waals surface area (Å²) >= 11 is 3.01. The van der Waals surface area contributed by atoms with E-state index in [0.29, 0.717) is 17.4 Å². The lowest BCUT2D eigenvalue weighted by Gasteiger charge is -2.12. The maximum Gasteiger partial charge on any atom is 0.263 e. The summed E-state index contributed by atoms with van der Waals surface area (Å²) in [4.78, 5) is 32.4. The number of carbonyl (C=O) groups excluding carboxylic acids is 1. The van der Waals surface area contributed by atoms with Crippen LogP contribution >= 0.6 is 23.1 Å². The van der Waals surface area contributed by atoms with Gasteiger partial charge in [0.2, 0.25) is 0 Å². The molecule has 0 radical (unpaired) electrons. The molecule has 0 saturated heterocycles. The van der Waals surface area contributed by atoms with Crippen LogP contribution in [0.15, 0.2) is 28.3 Å². The summed E-state index contributed by atoms with van der Waals surface area (Å²) in [6.45, 7) is 2.52. The standard InChI is InChI=1S/C19H21N3O2S2/c1-3-22-18(24)16-12-7-4-5-9-15(12)26-17(16)20-19(22)25-11-14(23)13-8-6-10-21(13)2/h6,8,10H,3-5,7,9,11H2,1-2H3. The molecular formula is C19H21N3O2S2. The molecule has 4 rings (SSSR count). The molecule has 0 atom stereocenters. The number of thiophene rings is 1. The van der Waals surface area contributed by atoms with E-state index in [0.717, 1.165) is 29.5 Å². The van der Waals surface area contributed by atoms with E-state index in [9.17, 15) is 9.59 Å². The van der Waals surface area contributed by atoms with Crippen LogP contribution in [0.5, 0.6) is 0 Å². The number of thioether (sulfide) groups is 1. The minimum atomic E-state index is 0.0463. The van der Waals surface area contributed by atoms with E-state index in [1.807, 2.05) is 36.9 Å². The Labute approximate surface area is 160 Å². The molecule has 0 aliphatic heterocycles. The minimum absolute atomic E-state index is 0.0463. The smallest absolute Gasteiger partial charge is 0.263 e. The molecule has 1 aliphatic carbocycles. The highest BCUT2D eigenvalue weighted by Crippen LogP contribution is 2.34. The zero-order valence-corrected chi connectivity index (χ0v) is 16.6. The second-order valence-corrected chi connectivity index (χ2v) is 8.58. The third-order valence-electron chi connectivity index (χ3n) is 4.92. The fourth-order valence-electron chi connectivity index (χ4n) is 3.56. The fraction of sp³-hybridized carbons (Fsp3) is 0.421. The van der Waals surface area contributed by atoms with Crippen LogP contribution in [0.1, 0.15) is 40.7 Å². The quantitative estimate of drug-likeness (QED) is 0.381. The lowest BCUT2D eigenvalue weighted by atomic mass is 9.97. The van der Waals surface area contributed by atoms with Gasteiger partial charge in [0.05, 0.1) is 16.8 Å². The number of ketones is 1. The van der Waals surface area contributed by atoms with Crippen molar-refractivity contribution < 1.29 is 4.79 Å². The SMILES string of the molecule is CCn1c(SCC(=O)c2cccn2C)nc2sc3c(c2c1=O)CCCC3. The Kier molecular flexibility index (Phi) is 4.75. The van der Waals surface area contributed by atoms with Crippen molar-refractivity contribution in [3.05, 3.63) is 44.8 Å². The molecule has 0 saturated carbocycles. The molecule has 0 fully saturated rings. The molecular weight excluding hydrogens is 366 g/mol. The van der Waals surface area contributed by atoms with E-state index in [4.69, 9.17) is 4.98 Å². The average Bonchev–Trinajstić information content (AvgIpc) is 3.22. The third kappa shape index (κ3) is 2.93. The van der Waals surface area contributed by atoms with Crippen LogP contribution in [-0.2, 0) is 26.4 Å². The number of nitrogens with zero attached hydrogens (tertiary/aromatic N) is 3. The second kappa shape index (κ2) is 7.04. The van der Waals surface area contributed by atoms with Gasteiger partial charge in [-0.2, -0.15) is 0 Å². The number of hydrogen-bond acceptors (Lipinski definition) is 5. The molecule has 0 amide bonds. The normalized spacial score (nSPS) is 13.9. The number of carbonyl (C=O) groups is 1. The molecule has 0 N–H and O–H groups in total. The van der Waals surface area contributed by atoms with Gasteiger partial charge in [-0.3, -0.25) is 14.2 Å². The molecule has 3 aromatic heterocycles. The highest BCUT2D eigenvalue weighted by Gasteiger charge is 2.22.